The first-order valence-corrected chi connectivity index (χ1v) is 8.17. The molecule has 1 heterocycles. The summed E-state index contributed by atoms with van der Waals surface area (Å²) in [5, 5.41) is 3.79. The highest BCUT2D eigenvalue weighted by atomic mass is 15.0. The normalized spacial score (nSPS) is 24.8. The van der Waals surface area contributed by atoms with E-state index in [-0.39, 0.29) is 0 Å². The van der Waals surface area contributed by atoms with Crippen LogP contribution in [0.2, 0.25) is 0 Å². The highest BCUT2D eigenvalue weighted by Gasteiger charge is 2.29. The van der Waals surface area contributed by atoms with Gasteiger partial charge in [-0.05, 0) is 54.7 Å². The van der Waals surface area contributed by atoms with Gasteiger partial charge in [0.15, 0.2) is 0 Å². The summed E-state index contributed by atoms with van der Waals surface area (Å²) in [5.41, 5.74) is 4.49. The minimum absolute atomic E-state index is 0.694. The number of hydrogen-bond acceptors (Lipinski definition) is 1. The molecule has 1 aromatic carbocycles. The van der Waals surface area contributed by atoms with Crippen molar-refractivity contribution in [3.05, 3.63) is 29.3 Å². The van der Waals surface area contributed by atoms with E-state index < -0.39 is 0 Å². The fourth-order valence-electron chi connectivity index (χ4n) is 3.77. The molecule has 19 heavy (non-hydrogen) atoms. The molecule has 1 aliphatic carbocycles. The SMILES string of the molecule is CCC(C)c1ccc2c(c1)CC(C1CCCCC1)N2. The maximum absolute atomic E-state index is 3.79. The highest BCUT2D eigenvalue weighted by Crippen LogP contribution is 2.36. The van der Waals surface area contributed by atoms with Crippen LogP contribution >= 0.6 is 0 Å². The van der Waals surface area contributed by atoms with Gasteiger partial charge in [0.05, 0.1) is 0 Å². The van der Waals surface area contributed by atoms with Crippen LogP contribution in [-0.2, 0) is 6.42 Å². The van der Waals surface area contributed by atoms with Gasteiger partial charge in [0.2, 0.25) is 0 Å². The zero-order valence-corrected chi connectivity index (χ0v) is 12.4. The highest BCUT2D eigenvalue weighted by molar-refractivity contribution is 5.58. The Kier molecular flexibility index (Phi) is 3.81. The van der Waals surface area contributed by atoms with Gasteiger partial charge in [-0.2, -0.15) is 0 Å². The molecule has 0 radical (unpaired) electrons. The molecule has 1 heteroatoms. The standard InChI is InChI=1S/C18H27N/c1-3-13(2)15-9-10-17-16(11-15)12-18(19-17)14-7-5-4-6-8-14/h9-11,13-14,18-19H,3-8,12H2,1-2H3. The van der Waals surface area contributed by atoms with Crippen LogP contribution in [0.3, 0.4) is 0 Å². The summed E-state index contributed by atoms with van der Waals surface area (Å²) < 4.78 is 0. The number of nitrogens with one attached hydrogen (secondary N) is 1. The Balaban J connectivity index is 1.72. The van der Waals surface area contributed by atoms with Crippen molar-refractivity contribution in [2.75, 3.05) is 5.32 Å². The average Bonchev–Trinajstić information content (AvgIpc) is 2.90. The molecule has 2 unspecified atom stereocenters. The summed E-state index contributed by atoms with van der Waals surface area (Å²) in [6.45, 7) is 4.61. The minimum Gasteiger partial charge on any atom is -0.381 e. The van der Waals surface area contributed by atoms with Crippen molar-refractivity contribution in [2.45, 2.75) is 70.8 Å². The maximum atomic E-state index is 3.79. The van der Waals surface area contributed by atoms with Gasteiger partial charge in [-0.3, -0.25) is 0 Å². The number of fused-ring (bicyclic) bond motifs is 1. The van der Waals surface area contributed by atoms with E-state index in [0.29, 0.717) is 12.0 Å². The second-order valence-electron chi connectivity index (χ2n) is 6.58. The van der Waals surface area contributed by atoms with Crippen molar-refractivity contribution in [1.29, 1.82) is 0 Å². The van der Waals surface area contributed by atoms with Gasteiger partial charge in [-0.15, -0.1) is 0 Å². The number of hydrogen-bond donors (Lipinski definition) is 1. The zero-order valence-electron chi connectivity index (χ0n) is 12.4. The van der Waals surface area contributed by atoms with Crippen molar-refractivity contribution in [3.63, 3.8) is 0 Å². The lowest BCUT2D eigenvalue weighted by Gasteiger charge is -2.27. The van der Waals surface area contributed by atoms with Crippen LogP contribution in [-0.4, -0.2) is 6.04 Å². The summed E-state index contributed by atoms with van der Waals surface area (Å²) >= 11 is 0. The Morgan fingerprint density at radius 1 is 1.21 bits per heavy atom. The van der Waals surface area contributed by atoms with Crippen molar-refractivity contribution < 1.29 is 0 Å². The van der Waals surface area contributed by atoms with Gasteiger partial charge in [0, 0.05) is 11.7 Å². The lowest BCUT2D eigenvalue weighted by molar-refractivity contribution is 0.321. The molecule has 0 aromatic heterocycles. The van der Waals surface area contributed by atoms with Gasteiger partial charge >= 0.3 is 0 Å². The number of anilines is 1. The quantitative estimate of drug-likeness (QED) is 0.792. The molecule has 0 bridgehead atoms. The van der Waals surface area contributed by atoms with E-state index in [4.69, 9.17) is 0 Å². The van der Waals surface area contributed by atoms with Crippen LogP contribution in [0.1, 0.15) is 69.4 Å². The Hall–Kier alpha value is -0.980. The van der Waals surface area contributed by atoms with Crippen molar-refractivity contribution in [2.24, 2.45) is 5.92 Å². The Bertz CT molecular complexity index is 431. The average molecular weight is 257 g/mol. The van der Waals surface area contributed by atoms with E-state index in [0.717, 1.165) is 5.92 Å². The zero-order chi connectivity index (χ0) is 13.2. The van der Waals surface area contributed by atoms with Gasteiger partial charge in [0.25, 0.3) is 0 Å². The lowest BCUT2D eigenvalue weighted by Crippen LogP contribution is -2.28. The summed E-state index contributed by atoms with van der Waals surface area (Å²) in [7, 11) is 0. The Labute approximate surface area is 117 Å². The predicted molar refractivity (Wildman–Crippen MR) is 82.8 cm³/mol. The summed E-state index contributed by atoms with van der Waals surface area (Å²) in [5.74, 6) is 1.60. The molecule has 1 aliphatic heterocycles. The molecule has 0 amide bonds. The summed E-state index contributed by atoms with van der Waals surface area (Å²) in [6, 6.07) is 7.81. The van der Waals surface area contributed by atoms with E-state index in [1.165, 1.54) is 56.2 Å². The van der Waals surface area contributed by atoms with Crippen LogP contribution in [0, 0.1) is 5.92 Å². The molecule has 1 fully saturated rings. The third-order valence-corrected chi connectivity index (χ3v) is 5.31. The van der Waals surface area contributed by atoms with Crippen molar-refractivity contribution in [3.8, 4) is 0 Å². The topological polar surface area (TPSA) is 12.0 Å². The Morgan fingerprint density at radius 3 is 2.74 bits per heavy atom. The second-order valence-corrected chi connectivity index (χ2v) is 6.58. The van der Waals surface area contributed by atoms with Crippen LogP contribution in [0.5, 0.6) is 0 Å². The Morgan fingerprint density at radius 2 is 2.00 bits per heavy atom. The van der Waals surface area contributed by atoms with Crippen LogP contribution in [0.25, 0.3) is 0 Å². The first-order valence-electron chi connectivity index (χ1n) is 8.17. The van der Waals surface area contributed by atoms with Crippen LogP contribution < -0.4 is 5.32 Å². The molecule has 2 atom stereocenters. The molecule has 0 spiro atoms. The smallest absolute Gasteiger partial charge is 0.0376 e. The van der Waals surface area contributed by atoms with Crippen LogP contribution in [0.4, 0.5) is 5.69 Å². The van der Waals surface area contributed by atoms with Gasteiger partial charge in [-0.25, -0.2) is 0 Å². The number of rotatable bonds is 3. The third kappa shape index (κ3) is 2.66. The van der Waals surface area contributed by atoms with Crippen LogP contribution in [0.15, 0.2) is 18.2 Å². The third-order valence-electron chi connectivity index (χ3n) is 5.31. The van der Waals surface area contributed by atoms with E-state index in [9.17, 15) is 0 Å². The fourth-order valence-corrected chi connectivity index (χ4v) is 3.77. The van der Waals surface area contributed by atoms with Gasteiger partial charge in [-0.1, -0.05) is 45.2 Å². The monoisotopic (exact) mass is 257 g/mol. The molecule has 2 aliphatic rings. The molecule has 104 valence electrons. The predicted octanol–water partition coefficient (Wildman–Crippen LogP) is 5.12. The first-order chi connectivity index (χ1) is 9.28. The molecule has 0 saturated heterocycles. The van der Waals surface area contributed by atoms with E-state index in [1.807, 2.05) is 0 Å². The summed E-state index contributed by atoms with van der Waals surface area (Å²) in [6.07, 6.45) is 9.69. The van der Waals surface area contributed by atoms with Gasteiger partial charge in [0.1, 0.15) is 0 Å². The minimum atomic E-state index is 0.694. The second kappa shape index (κ2) is 5.56. The molecular weight excluding hydrogens is 230 g/mol. The van der Waals surface area contributed by atoms with E-state index in [1.54, 1.807) is 5.56 Å². The molecule has 1 nitrogen and oxygen atoms in total. The number of benzene rings is 1. The molecule has 1 saturated carbocycles. The molecule has 1 aromatic rings. The first kappa shape index (κ1) is 13.0. The van der Waals surface area contributed by atoms with E-state index in [2.05, 4.69) is 37.4 Å². The molecule has 3 rings (SSSR count). The largest absolute Gasteiger partial charge is 0.381 e. The maximum Gasteiger partial charge on any atom is 0.0376 e. The summed E-state index contributed by atoms with van der Waals surface area (Å²) in [4.78, 5) is 0. The van der Waals surface area contributed by atoms with E-state index >= 15 is 0 Å². The van der Waals surface area contributed by atoms with Crippen molar-refractivity contribution >= 4 is 5.69 Å². The molecule has 1 N–H and O–H groups in total. The lowest BCUT2D eigenvalue weighted by atomic mass is 9.83. The fraction of sp³-hybridized carbons (Fsp3) is 0.667. The molecular formula is C18H27N. The van der Waals surface area contributed by atoms with Gasteiger partial charge < -0.3 is 5.32 Å². The van der Waals surface area contributed by atoms with Crippen molar-refractivity contribution in [1.82, 2.24) is 0 Å².